The molecule has 0 aromatic heterocycles. The van der Waals surface area contributed by atoms with Crippen molar-refractivity contribution in [3.05, 3.63) is 69.8 Å². The summed E-state index contributed by atoms with van der Waals surface area (Å²) in [6, 6.07) is 13.7. The Morgan fingerprint density at radius 3 is 2.11 bits per heavy atom. The Balaban J connectivity index is 2.46. The molecule has 0 aliphatic carbocycles. The summed E-state index contributed by atoms with van der Waals surface area (Å²) in [5.74, 6) is 0. The van der Waals surface area contributed by atoms with Crippen molar-refractivity contribution >= 4 is 0 Å². The maximum Gasteiger partial charge on any atom is 0.0576 e. The van der Waals surface area contributed by atoms with Gasteiger partial charge in [-0.3, -0.25) is 0 Å². The molecule has 0 saturated carbocycles. The van der Waals surface area contributed by atoms with Gasteiger partial charge in [-0.1, -0.05) is 42.0 Å². The highest BCUT2D eigenvalue weighted by Crippen LogP contribution is 2.26. The van der Waals surface area contributed by atoms with Gasteiger partial charge in [0.1, 0.15) is 0 Å². The van der Waals surface area contributed by atoms with E-state index in [0.717, 1.165) is 0 Å². The van der Waals surface area contributed by atoms with E-state index in [1.807, 2.05) is 7.05 Å². The molecule has 1 heteroatoms. The summed E-state index contributed by atoms with van der Waals surface area (Å²) in [6.45, 7) is 8.66. The van der Waals surface area contributed by atoms with E-state index in [0.29, 0.717) is 0 Å². The second-order valence-electron chi connectivity index (χ2n) is 5.43. The monoisotopic (exact) mass is 253 g/mol. The number of nitrogens with one attached hydrogen (secondary N) is 1. The fraction of sp³-hybridized carbons (Fsp3) is 0.333. The van der Waals surface area contributed by atoms with Crippen molar-refractivity contribution in [2.45, 2.75) is 33.7 Å². The summed E-state index contributed by atoms with van der Waals surface area (Å²) in [6.07, 6.45) is 0. The fourth-order valence-electron chi connectivity index (χ4n) is 2.60. The van der Waals surface area contributed by atoms with Gasteiger partial charge in [0.25, 0.3) is 0 Å². The molecule has 0 bridgehead atoms. The Bertz CT molecular complexity index is 584. The van der Waals surface area contributed by atoms with Crippen LogP contribution in [0.2, 0.25) is 0 Å². The van der Waals surface area contributed by atoms with Crippen molar-refractivity contribution < 1.29 is 0 Å². The lowest BCUT2D eigenvalue weighted by atomic mass is 9.92. The fourth-order valence-corrected chi connectivity index (χ4v) is 2.60. The topological polar surface area (TPSA) is 12.0 Å². The molecule has 1 unspecified atom stereocenters. The third-order valence-electron chi connectivity index (χ3n) is 3.89. The van der Waals surface area contributed by atoms with Crippen LogP contribution in [0.25, 0.3) is 0 Å². The van der Waals surface area contributed by atoms with Gasteiger partial charge in [-0.2, -0.15) is 0 Å². The van der Waals surface area contributed by atoms with Gasteiger partial charge in [0.15, 0.2) is 0 Å². The van der Waals surface area contributed by atoms with Gasteiger partial charge in [-0.25, -0.2) is 0 Å². The third kappa shape index (κ3) is 2.87. The normalized spacial score (nSPS) is 12.5. The maximum atomic E-state index is 3.44. The first kappa shape index (κ1) is 13.8. The van der Waals surface area contributed by atoms with E-state index in [1.165, 1.54) is 33.4 Å². The summed E-state index contributed by atoms with van der Waals surface area (Å²) in [5, 5.41) is 3.44. The number of rotatable bonds is 3. The van der Waals surface area contributed by atoms with Gasteiger partial charge in [0.05, 0.1) is 6.04 Å². The van der Waals surface area contributed by atoms with Crippen LogP contribution in [-0.2, 0) is 0 Å². The van der Waals surface area contributed by atoms with E-state index >= 15 is 0 Å². The van der Waals surface area contributed by atoms with E-state index in [9.17, 15) is 0 Å². The van der Waals surface area contributed by atoms with Crippen molar-refractivity contribution in [1.29, 1.82) is 0 Å². The van der Waals surface area contributed by atoms with Gasteiger partial charge in [-0.15, -0.1) is 0 Å². The van der Waals surface area contributed by atoms with Gasteiger partial charge in [0.2, 0.25) is 0 Å². The maximum absolute atomic E-state index is 3.44. The summed E-state index contributed by atoms with van der Waals surface area (Å²) < 4.78 is 0. The number of benzene rings is 2. The van der Waals surface area contributed by atoms with Crippen molar-refractivity contribution in [1.82, 2.24) is 5.32 Å². The van der Waals surface area contributed by atoms with E-state index < -0.39 is 0 Å². The number of hydrogen-bond donors (Lipinski definition) is 1. The second-order valence-corrected chi connectivity index (χ2v) is 5.43. The highest BCUT2D eigenvalue weighted by molar-refractivity contribution is 5.41. The molecule has 2 aromatic carbocycles. The lowest BCUT2D eigenvalue weighted by molar-refractivity contribution is 0.686. The zero-order valence-electron chi connectivity index (χ0n) is 12.5. The molecule has 1 nitrogen and oxygen atoms in total. The first-order valence-electron chi connectivity index (χ1n) is 6.84. The summed E-state index contributed by atoms with van der Waals surface area (Å²) in [7, 11) is 2.03. The molecule has 0 saturated heterocycles. The van der Waals surface area contributed by atoms with Crippen LogP contribution in [0, 0.1) is 27.7 Å². The Morgan fingerprint density at radius 1 is 0.789 bits per heavy atom. The average molecular weight is 253 g/mol. The predicted molar refractivity (Wildman–Crippen MR) is 82.7 cm³/mol. The molecular weight excluding hydrogens is 230 g/mol. The molecule has 0 aliphatic rings. The first-order chi connectivity index (χ1) is 9.02. The van der Waals surface area contributed by atoms with E-state index in [2.05, 4.69) is 69.4 Å². The zero-order valence-corrected chi connectivity index (χ0v) is 12.5. The Hall–Kier alpha value is -1.60. The molecule has 0 heterocycles. The van der Waals surface area contributed by atoms with Crippen LogP contribution in [0.4, 0.5) is 0 Å². The summed E-state index contributed by atoms with van der Waals surface area (Å²) in [5.41, 5.74) is 8.05. The lowest BCUT2D eigenvalue weighted by Gasteiger charge is -2.20. The molecule has 2 aromatic rings. The highest BCUT2D eigenvalue weighted by atomic mass is 14.9. The molecule has 0 radical (unpaired) electrons. The van der Waals surface area contributed by atoms with Crippen molar-refractivity contribution in [3.8, 4) is 0 Å². The molecule has 19 heavy (non-hydrogen) atoms. The number of aryl methyl sites for hydroxylation is 4. The molecule has 0 spiro atoms. The van der Waals surface area contributed by atoms with Crippen molar-refractivity contribution in [3.63, 3.8) is 0 Å². The molecule has 100 valence electrons. The molecule has 2 rings (SSSR count). The second kappa shape index (κ2) is 5.58. The molecule has 0 fully saturated rings. The van der Waals surface area contributed by atoms with Crippen LogP contribution in [0.15, 0.2) is 36.4 Å². The standard InChI is InChI=1S/C18H23N/c1-12-6-9-17(15(4)10-12)18(19-5)16-8-7-13(2)14(3)11-16/h6-11,18-19H,1-5H3. The van der Waals surface area contributed by atoms with E-state index in [4.69, 9.17) is 0 Å². The van der Waals surface area contributed by atoms with E-state index in [-0.39, 0.29) is 6.04 Å². The van der Waals surface area contributed by atoms with Crippen LogP contribution in [0.1, 0.15) is 39.4 Å². The van der Waals surface area contributed by atoms with Crippen LogP contribution < -0.4 is 5.32 Å². The number of hydrogen-bond acceptors (Lipinski definition) is 1. The minimum absolute atomic E-state index is 0.264. The Morgan fingerprint density at radius 2 is 1.53 bits per heavy atom. The average Bonchev–Trinajstić information content (AvgIpc) is 2.37. The van der Waals surface area contributed by atoms with Crippen LogP contribution in [-0.4, -0.2) is 7.05 Å². The smallest absolute Gasteiger partial charge is 0.0576 e. The lowest BCUT2D eigenvalue weighted by Crippen LogP contribution is -2.19. The molecular formula is C18H23N. The summed E-state index contributed by atoms with van der Waals surface area (Å²) in [4.78, 5) is 0. The molecule has 0 aliphatic heterocycles. The molecule has 0 amide bonds. The van der Waals surface area contributed by atoms with Gasteiger partial charge < -0.3 is 5.32 Å². The zero-order chi connectivity index (χ0) is 14.0. The summed E-state index contributed by atoms with van der Waals surface area (Å²) >= 11 is 0. The van der Waals surface area contributed by atoms with Gasteiger partial charge >= 0.3 is 0 Å². The predicted octanol–water partition coefficient (Wildman–Crippen LogP) is 4.23. The Labute approximate surface area is 116 Å². The third-order valence-corrected chi connectivity index (χ3v) is 3.89. The van der Waals surface area contributed by atoms with Crippen LogP contribution in [0.3, 0.4) is 0 Å². The minimum Gasteiger partial charge on any atom is -0.309 e. The quantitative estimate of drug-likeness (QED) is 0.863. The minimum atomic E-state index is 0.264. The first-order valence-corrected chi connectivity index (χ1v) is 6.84. The Kier molecular flexibility index (Phi) is 4.06. The van der Waals surface area contributed by atoms with Crippen molar-refractivity contribution in [2.24, 2.45) is 0 Å². The van der Waals surface area contributed by atoms with Crippen LogP contribution >= 0.6 is 0 Å². The van der Waals surface area contributed by atoms with Crippen LogP contribution in [0.5, 0.6) is 0 Å². The SMILES string of the molecule is CNC(c1ccc(C)c(C)c1)c1ccc(C)cc1C. The van der Waals surface area contributed by atoms with Gasteiger partial charge in [0, 0.05) is 0 Å². The molecule has 1 atom stereocenters. The largest absolute Gasteiger partial charge is 0.309 e. The van der Waals surface area contributed by atoms with Gasteiger partial charge in [-0.05, 0) is 62.6 Å². The van der Waals surface area contributed by atoms with E-state index in [1.54, 1.807) is 0 Å². The molecule has 1 N–H and O–H groups in total. The van der Waals surface area contributed by atoms with Crippen molar-refractivity contribution in [2.75, 3.05) is 7.05 Å². The highest BCUT2D eigenvalue weighted by Gasteiger charge is 2.14.